The minimum atomic E-state index is -0.362. The summed E-state index contributed by atoms with van der Waals surface area (Å²) < 4.78 is 7.29. The third-order valence-corrected chi connectivity index (χ3v) is 6.70. The Hall–Kier alpha value is -3.85. The number of hydrogen-bond donors (Lipinski definition) is 4. The van der Waals surface area contributed by atoms with Crippen molar-refractivity contribution in [3.8, 4) is 11.3 Å². The van der Waals surface area contributed by atoms with Crippen LogP contribution in [0.15, 0.2) is 60.8 Å². The number of benzene rings is 2. The molecule has 0 radical (unpaired) electrons. The smallest absolute Gasteiger partial charge is 0.407 e. The fourth-order valence-corrected chi connectivity index (χ4v) is 4.87. The van der Waals surface area contributed by atoms with Crippen LogP contribution in [0.5, 0.6) is 0 Å². The third kappa shape index (κ3) is 7.35. The molecule has 0 aliphatic heterocycles. The lowest BCUT2D eigenvalue weighted by atomic mass is 9.85. The summed E-state index contributed by atoms with van der Waals surface area (Å²) in [5, 5.41) is 18.4. The number of alkyl carbamates (subject to hydrolysis) is 1. The van der Waals surface area contributed by atoms with Crippen LogP contribution < -0.4 is 16.0 Å². The van der Waals surface area contributed by atoms with Crippen molar-refractivity contribution in [2.75, 3.05) is 11.9 Å². The Morgan fingerprint density at radius 2 is 1.76 bits per heavy atom. The molecule has 1 aromatic heterocycles. The lowest BCUT2D eigenvalue weighted by Crippen LogP contribution is -2.38. The maximum absolute atomic E-state index is 12.3. The number of aromatic nitrogens is 2. The van der Waals surface area contributed by atoms with Crippen LogP contribution in [0, 0.1) is 0 Å². The van der Waals surface area contributed by atoms with Crippen molar-refractivity contribution in [2.45, 2.75) is 70.7 Å². The topological polar surface area (TPSA) is 118 Å². The van der Waals surface area contributed by atoms with Gasteiger partial charge in [0.15, 0.2) is 0 Å². The molecule has 0 saturated heterocycles. The van der Waals surface area contributed by atoms with Gasteiger partial charge in [0.25, 0.3) is 0 Å². The van der Waals surface area contributed by atoms with E-state index in [1.807, 2.05) is 74.6 Å². The molecule has 202 valence electrons. The second-order valence-electron chi connectivity index (χ2n) is 9.89. The fourth-order valence-electron chi connectivity index (χ4n) is 4.87. The monoisotopic (exact) mass is 519 g/mol. The molecule has 0 bridgehead atoms. The molecule has 0 spiro atoms. The molecule has 0 atom stereocenters. The Morgan fingerprint density at radius 1 is 1.05 bits per heavy atom. The molecule has 4 N–H and O–H groups in total. The quantitative estimate of drug-likeness (QED) is 0.317. The lowest BCUT2D eigenvalue weighted by molar-refractivity contribution is 0.109. The number of nitrogens with zero attached hydrogens (tertiary/aromatic N) is 2. The van der Waals surface area contributed by atoms with Gasteiger partial charge in [-0.25, -0.2) is 14.6 Å². The fraction of sp³-hybridized carbons (Fsp3) is 0.414. The molecule has 3 aromatic rings. The van der Waals surface area contributed by atoms with Crippen LogP contribution in [0.2, 0.25) is 0 Å². The van der Waals surface area contributed by atoms with E-state index >= 15 is 0 Å². The van der Waals surface area contributed by atoms with E-state index in [0.29, 0.717) is 18.8 Å². The van der Waals surface area contributed by atoms with E-state index in [1.54, 1.807) is 0 Å². The number of imidazole rings is 1. The molecular weight excluding hydrogens is 482 g/mol. The number of ether oxygens (including phenoxy) is 1. The minimum Gasteiger partial charge on any atom is -0.447 e. The van der Waals surface area contributed by atoms with Gasteiger partial charge in [-0.3, -0.25) is 0 Å². The molecule has 1 heterocycles. The van der Waals surface area contributed by atoms with Gasteiger partial charge in [-0.1, -0.05) is 42.5 Å². The van der Waals surface area contributed by atoms with E-state index in [4.69, 9.17) is 9.72 Å². The summed E-state index contributed by atoms with van der Waals surface area (Å²) in [4.78, 5) is 29.0. The van der Waals surface area contributed by atoms with Gasteiger partial charge in [0.05, 0.1) is 24.6 Å². The molecule has 9 nitrogen and oxygen atoms in total. The summed E-state index contributed by atoms with van der Waals surface area (Å²) in [7, 11) is 0. The standard InChI is InChI=1S/C29H37N5O4/c1-20(2)38-29(37)33-25-14-10-23(11-15-25)27-30-19-26(34(27)16-17-35)22-8-12-24(13-9-22)32-28(36)31-18-21-6-4-3-5-7-21/h3-9,12-13,19-20,23,25,35H,10-11,14-18H2,1-2H3,(H,33,37)(H2,31,32,36)/t23-,25-. The van der Waals surface area contributed by atoms with Gasteiger partial charge in [-0.05, 0) is 62.8 Å². The highest BCUT2D eigenvalue weighted by Gasteiger charge is 2.28. The van der Waals surface area contributed by atoms with Crippen LogP contribution in [0.3, 0.4) is 0 Å². The van der Waals surface area contributed by atoms with Gasteiger partial charge in [-0.2, -0.15) is 0 Å². The first kappa shape index (κ1) is 27.2. The summed E-state index contributed by atoms with van der Waals surface area (Å²) in [6.07, 6.45) is 4.85. The van der Waals surface area contributed by atoms with Crippen LogP contribution in [0.25, 0.3) is 11.3 Å². The van der Waals surface area contributed by atoms with E-state index in [2.05, 4.69) is 20.5 Å². The molecule has 9 heteroatoms. The van der Waals surface area contributed by atoms with Gasteiger partial charge in [-0.15, -0.1) is 0 Å². The van der Waals surface area contributed by atoms with Crippen molar-refractivity contribution in [3.05, 3.63) is 72.2 Å². The lowest BCUT2D eigenvalue weighted by Gasteiger charge is -2.29. The predicted molar refractivity (Wildman–Crippen MR) is 147 cm³/mol. The number of carbonyl (C=O) groups is 2. The molecular formula is C29H37N5O4. The first-order valence-electron chi connectivity index (χ1n) is 13.3. The number of nitrogens with one attached hydrogen (secondary N) is 3. The predicted octanol–water partition coefficient (Wildman–Crippen LogP) is 5.02. The number of rotatable bonds is 9. The summed E-state index contributed by atoms with van der Waals surface area (Å²) in [5.74, 6) is 1.21. The molecule has 4 rings (SSSR count). The normalized spacial score (nSPS) is 17.2. The average molecular weight is 520 g/mol. The highest BCUT2D eigenvalue weighted by Crippen LogP contribution is 2.34. The SMILES string of the molecule is CC(C)OC(=O)N[C@H]1CC[C@H](c2ncc(-c3ccc(NC(=O)NCc4ccccc4)cc3)n2CCO)CC1. The van der Waals surface area contributed by atoms with Crippen LogP contribution in [-0.2, 0) is 17.8 Å². The Morgan fingerprint density at radius 3 is 2.42 bits per heavy atom. The molecule has 0 unspecified atom stereocenters. The Bertz CT molecular complexity index is 1190. The minimum absolute atomic E-state index is 0.00945. The van der Waals surface area contributed by atoms with Gasteiger partial charge >= 0.3 is 12.1 Å². The van der Waals surface area contributed by atoms with Crippen LogP contribution in [0.4, 0.5) is 15.3 Å². The van der Waals surface area contributed by atoms with Crippen LogP contribution in [0.1, 0.15) is 56.8 Å². The third-order valence-electron chi connectivity index (χ3n) is 6.70. The number of aliphatic hydroxyl groups is 1. The van der Waals surface area contributed by atoms with Crippen molar-refractivity contribution in [3.63, 3.8) is 0 Å². The van der Waals surface area contributed by atoms with E-state index in [0.717, 1.165) is 48.3 Å². The Balaban J connectivity index is 1.36. The molecule has 2 aromatic carbocycles. The van der Waals surface area contributed by atoms with E-state index in [1.165, 1.54) is 0 Å². The number of amides is 3. The van der Waals surface area contributed by atoms with Crippen molar-refractivity contribution in [1.29, 1.82) is 0 Å². The zero-order chi connectivity index (χ0) is 26.9. The second kappa shape index (κ2) is 13.1. The van der Waals surface area contributed by atoms with Gasteiger partial charge in [0.2, 0.25) is 0 Å². The zero-order valence-corrected chi connectivity index (χ0v) is 22.0. The maximum Gasteiger partial charge on any atom is 0.407 e. The zero-order valence-electron chi connectivity index (χ0n) is 22.0. The molecule has 1 saturated carbocycles. The summed E-state index contributed by atoms with van der Waals surface area (Å²) in [6.45, 7) is 4.58. The molecule has 1 fully saturated rings. The first-order chi connectivity index (χ1) is 18.4. The Kier molecular flexibility index (Phi) is 9.37. The van der Waals surface area contributed by atoms with Crippen molar-refractivity contribution in [1.82, 2.24) is 20.2 Å². The van der Waals surface area contributed by atoms with E-state index < -0.39 is 0 Å². The van der Waals surface area contributed by atoms with Crippen molar-refractivity contribution in [2.24, 2.45) is 0 Å². The number of hydrogen-bond acceptors (Lipinski definition) is 5. The molecule has 1 aliphatic rings. The van der Waals surface area contributed by atoms with Crippen LogP contribution in [-0.4, -0.2) is 45.5 Å². The van der Waals surface area contributed by atoms with Crippen LogP contribution >= 0.6 is 0 Å². The van der Waals surface area contributed by atoms with Gasteiger partial charge in [0, 0.05) is 30.7 Å². The largest absolute Gasteiger partial charge is 0.447 e. The molecule has 38 heavy (non-hydrogen) atoms. The highest BCUT2D eigenvalue weighted by atomic mass is 16.6. The van der Waals surface area contributed by atoms with Crippen molar-refractivity contribution >= 4 is 17.8 Å². The number of anilines is 1. The number of aliphatic hydroxyl groups excluding tert-OH is 1. The number of carbonyl (C=O) groups excluding carboxylic acids is 2. The first-order valence-corrected chi connectivity index (χ1v) is 13.3. The average Bonchev–Trinajstić information content (AvgIpc) is 3.32. The van der Waals surface area contributed by atoms with Gasteiger partial charge in [0.1, 0.15) is 5.82 Å². The van der Waals surface area contributed by atoms with E-state index in [9.17, 15) is 14.7 Å². The number of urea groups is 1. The summed E-state index contributed by atoms with van der Waals surface area (Å²) in [5.41, 5.74) is 3.60. The summed E-state index contributed by atoms with van der Waals surface area (Å²) in [6, 6.07) is 17.2. The molecule has 1 aliphatic carbocycles. The maximum atomic E-state index is 12.3. The Labute approximate surface area is 223 Å². The second-order valence-corrected chi connectivity index (χ2v) is 9.89. The highest BCUT2D eigenvalue weighted by molar-refractivity contribution is 5.89. The summed E-state index contributed by atoms with van der Waals surface area (Å²) >= 11 is 0. The van der Waals surface area contributed by atoms with Gasteiger partial charge < -0.3 is 30.4 Å². The van der Waals surface area contributed by atoms with E-state index in [-0.39, 0.29) is 36.8 Å². The molecule has 3 amide bonds. The van der Waals surface area contributed by atoms with Crippen molar-refractivity contribution < 1.29 is 19.4 Å².